The number of rotatable bonds is 5. The van der Waals surface area contributed by atoms with Gasteiger partial charge in [-0.25, -0.2) is 4.98 Å². The lowest BCUT2D eigenvalue weighted by atomic mass is 9.98. The Morgan fingerprint density at radius 2 is 2.24 bits per heavy atom. The molecule has 2 rings (SSSR count). The van der Waals surface area contributed by atoms with Gasteiger partial charge in [0.2, 0.25) is 0 Å². The molecule has 1 N–H and O–H groups in total. The molecule has 1 aromatic heterocycles. The molecule has 1 aliphatic heterocycles. The maximum absolute atomic E-state index is 9.08. The largest absolute Gasteiger partial charge is 0.396 e. The average Bonchev–Trinajstić information content (AvgIpc) is 2.85. The summed E-state index contributed by atoms with van der Waals surface area (Å²) in [5.41, 5.74) is 0.991. The van der Waals surface area contributed by atoms with Gasteiger partial charge in [-0.2, -0.15) is 0 Å². The van der Waals surface area contributed by atoms with Crippen LogP contribution in [0.3, 0.4) is 0 Å². The van der Waals surface area contributed by atoms with Gasteiger partial charge in [0.1, 0.15) is 0 Å². The van der Waals surface area contributed by atoms with E-state index in [1.807, 2.05) is 5.38 Å². The van der Waals surface area contributed by atoms with Crippen molar-refractivity contribution in [2.24, 2.45) is 5.92 Å². The van der Waals surface area contributed by atoms with Crippen LogP contribution in [-0.4, -0.2) is 41.2 Å². The van der Waals surface area contributed by atoms with Crippen LogP contribution in [-0.2, 0) is 12.3 Å². The van der Waals surface area contributed by atoms with E-state index in [1.54, 1.807) is 11.3 Å². The normalized spacial score (nSPS) is 18.7. The molecule has 0 radical (unpaired) electrons. The van der Waals surface area contributed by atoms with Gasteiger partial charge in [0.25, 0.3) is 0 Å². The molecule has 3 nitrogen and oxygen atoms in total. The standard InChI is InChI=1S/C12H19ClN2OS/c13-7-11-9-17-12(14-11)3-6-15-4-1-10(8-16)2-5-15/h9-10,16H,1-8H2. The first-order valence-corrected chi connectivity index (χ1v) is 7.55. The van der Waals surface area contributed by atoms with Gasteiger partial charge in [0.05, 0.1) is 16.6 Å². The second kappa shape index (κ2) is 6.69. The van der Waals surface area contributed by atoms with E-state index in [1.165, 1.54) is 5.01 Å². The van der Waals surface area contributed by atoms with Crippen molar-refractivity contribution < 1.29 is 5.11 Å². The average molecular weight is 275 g/mol. The molecular weight excluding hydrogens is 256 g/mol. The number of piperidine rings is 1. The lowest BCUT2D eigenvalue weighted by Crippen LogP contribution is -2.36. The van der Waals surface area contributed by atoms with Crippen LogP contribution < -0.4 is 0 Å². The quantitative estimate of drug-likeness (QED) is 0.836. The topological polar surface area (TPSA) is 36.4 Å². The summed E-state index contributed by atoms with van der Waals surface area (Å²) < 4.78 is 0. The van der Waals surface area contributed by atoms with Crippen molar-refractivity contribution in [3.05, 3.63) is 16.1 Å². The van der Waals surface area contributed by atoms with Crippen molar-refractivity contribution in [1.29, 1.82) is 0 Å². The Labute approximate surface area is 111 Å². The number of nitrogens with zero attached hydrogens (tertiary/aromatic N) is 2. The molecule has 0 aromatic carbocycles. The monoisotopic (exact) mass is 274 g/mol. The number of aromatic nitrogens is 1. The number of hydrogen-bond donors (Lipinski definition) is 1. The Bertz CT molecular complexity index is 337. The highest BCUT2D eigenvalue weighted by molar-refractivity contribution is 7.09. The molecule has 5 heteroatoms. The maximum atomic E-state index is 9.08. The number of aliphatic hydroxyl groups is 1. The van der Waals surface area contributed by atoms with Crippen molar-refractivity contribution in [3.63, 3.8) is 0 Å². The smallest absolute Gasteiger partial charge is 0.0941 e. The van der Waals surface area contributed by atoms with Gasteiger partial charge < -0.3 is 10.0 Å². The Morgan fingerprint density at radius 3 is 2.82 bits per heavy atom. The van der Waals surface area contributed by atoms with Gasteiger partial charge in [0, 0.05) is 25.0 Å². The summed E-state index contributed by atoms with van der Waals surface area (Å²) in [5, 5.41) is 12.3. The van der Waals surface area contributed by atoms with Crippen LogP contribution in [0.15, 0.2) is 5.38 Å². The van der Waals surface area contributed by atoms with Gasteiger partial charge in [-0.15, -0.1) is 22.9 Å². The molecule has 1 saturated heterocycles. The van der Waals surface area contributed by atoms with Gasteiger partial charge in [-0.3, -0.25) is 0 Å². The molecule has 0 aliphatic carbocycles. The summed E-state index contributed by atoms with van der Waals surface area (Å²) in [6.07, 6.45) is 3.27. The van der Waals surface area contributed by atoms with E-state index < -0.39 is 0 Å². The van der Waals surface area contributed by atoms with Crippen molar-refractivity contribution in [3.8, 4) is 0 Å². The summed E-state index contributed by atoms with van der Waals surface area (Å²) in [4.78, 5) is 6.93. The third-order valence-electron chi connectivity index (χ3n) is 3.34. The van der Waals surface area contributed by atoms with E-state index >= 15 is 0 Å². The Balaban J connectivity index is 1.72. The molecule has 0 unspecified atom stereocenters. The van der Waals surface area contributed by atoms with Gasteiger partial charge >= 0.3 is 0 Å². The summed E-state index contributed by atoms with van der Waals surface area (Å²) in [7, 11) is 0. The van der Waals surface area contributed by atoms with E-state index in [4.69, 9.17) is 16.7 Å². The minimum absolute atomic E-state index is 0.347. The highest BCUT2D eigenvalue weighted by Gasteiger charge is 2.18. The Kier molecular flexibility index (Phi) is 5.22. The van der Waals surface area contributed by atoms with Crippen molar-refractivity contribution >= 4 is 22.9 Å². The molecule has 0 atom stereocenters. The lowest BCUT2D eigenvalue weighted by molar-refractivity contribution is 0.132. The fourth-order valence-corrected chi connectivity index (χ4v) is 3.19. The summed E-state index contributed by atoms with van der Waals surface area (Å²) in [6.45, 7) is 3.64. The number of thiazole rings is 1. The minimum atomic E-state index is 0.347. The summed E-state index contributed by atoms with van der Waals surface area (Å²) >= 11 is 7.44. The Morgan fingerprint density at radius 1 is 1.47 bits per heavy atom. The molecule has 0 bridgehead atoms. The molecule has 0 spiro atoms. The second-order valence-electron chi connectivity index (χ2n) is 4.58. The molecule has 1 aromatic rings. The number of hydrogen-bond acceptors (Lipinski definition) is 4. The van der Waals surface area contributed by atoms with E-state index in [0.717, 1.165) is 44.6 Å². The SMILES string of the molecule is OCC1CCN(CCc2nc(CCl)cs2)CC1. The molecular formula is C12H19ClN2OS. The fraction of sp³-hybridized carbons (Fsp3) is 0.750. The fourth-order valence-electron chi connectivity index (χ4n) is 2.17. The van der Waals surface area contributed by atoms with Crippen LogP contribution in [0.4, 0.5) is 0 Å². The predicted molar refractivity (Wildman–Crippen MR) is 71.6 cm³/mol. The van der Waals surface area contributed by atoms with E-state index in [0.29, 0.717) is 18.4 Å². The number of aliphatic hydroxyl groups excluding tert-OH is 1. The second-order valence-corrected chi connectivity index (χ2v) is 5.79. The lowest BCUT2D eigenvalue weighted by Gasteiger charge is -2.30. The first kappa shape index (κ1) is 13.3. The van der Waals surface area contributed by atoms with Crippen LogP contribution in [0.1, 0.15) is 23.5 Å². The van der Waals surface area contributed by atoms with Crippen LogP contribution in [0.25, 0.3) is 0 Å². The summed E-state index contributed by atoms with van der Waals surface area (Å²) in [5.74, 6) is 1.03. The predicted octanol–water partition coefficient (Wildman–Crippen LogP) is 2.13. The highest BCUT2D eigenvalue weighted by atomic mass is 35.5. The van der Waals surface area contributed by atoms with Crippen molar-refractivity contribution in [2.45, 2.75) is 25.1 Å². The van der Waals surface area contributed by atoms with Crippen LogP contribution in [0, 0.1) is 5.92 Å². The van der Waals surface area contributed by atoms with Gasteiger partial charge in [-0.05, 0) is 31.8 Å². The molecule has 0 saturated carbocycles. The number of likely N-dealkylation sites (tertiary alicyclic amines) is 1. The van der Waals surface area contributed by atoms with E-state index in [9.17, 15) is 0 Å². The van der Waals surface area contributed by atoms with Gasteiger partial charge in [0.15, 0.2) is 0 Å². The third-order valence-corrected chi connectivity index (χ3v) is 4.57. The molecule has 0 amide bonds. The molecule has 1 fully saturated rings. The van der Waals surface area contributed by atoms with E-state index in [2.05, 4.69) is 9.88 Å². The van der Waals surface area contributed by atoms with Crippen LogP contribution >= 0.6 is 22.9 Å². The molecule has 2 heterocycles. The summed E-state index contributed by atoms with van der Waals surface area (Å²) in [6, 6.07) is 0. The highest BCUT2D eigenvalue weighted by Crippen LogP contribution is 2.17. The Hall–Kier alpha value is -0.160. The third kappa shape index (κ3) is 3.91. The first-order chi connectivity index (χ1) is 8.31. The maximum Gasteiger partial charge on any atom is 0.0941 e. The van der Waals surface area contributed by atoms with Crippen LogP contribution in [0.2, 0.25) is 0 Å². The van der Waals surface area contributed by atoms with Crippen molar-refractivity contribution in [1.82, 2.24) is 9.88 Å². The zero-order chi connectivity index (χ0) is 12.1. The molecule has 1 aliphatic rings. The zero-order valence-electron chi connectivity index (χ0n) is 9.94. The van der Waals surface area contributed by atoms with Gasteiger partial charge in [-0.1, -0.05) is 0 Å². The minimum Gasteiger partial charge on any atom is -0.396 e. The molecule has 17 heavy (non-hydrogen) atoms. The van der Waals surface area contributed by atoms with Crippen LogP contribution in [0.5, 0.6) is 0 Å². The zero-order valence-corrected chi connectivity index (χ0v) is 11.5. The van der Waals surface area contributed by atoms with Crippen molar-refractivity contribution in [2.75, 3.05) is 26.2 Å². The first-order valence-electron chi connectivity index (χ1n) is 6.14. The van der Waals surface area contributed by atoms with E-state index in [-0.39, 0.29) is 0 Å². The number of alkyl halides is 1. The number of halogens is 1. The molecule has 96 valence electrons.